The number of esters is 2. The maximum atomic E-state index is 13.1. The van der Waals surface area contributed by atoms with Gasteiger partial charge in [0, 0.05) is 11.8 Å². The van der Waals surface area contributed by atoms with Gasteiger partial charge in [0.15, 0.2) is 0 Å². The molecule has 2 bridgehead atoms. The lowest BCUT2D eigenvalue weighted by Gasteiger charge is -2.37. The Morgan fingerprint density at radius 1 is 0.639 bits per heavy atom. The molecular weight excluding hydrogens is 448 g/mol. The summed E-state index contributed by atoms with van der Waals surface area (Å²) in [5.74, 6) is 0.506. The number of benzene rings is 3. The van der Waals surface area contributed by atoms with E-state index in [4.69, 9.17) is 9.47 Å². The molecule has 2 saturated carbocycles. The monoisotopic (exact) mass is 478 g/mol. The van der Waals surface area contributed by atoms with Crippen molar-refractivity contribution in [2.45, 2.75) is 56.7 Å². The second-order valence-corrected chi connectivity index (χ2v) is 11.0. The van der Waals surface area contributed by atoms with E-state index >= 15 is 0 Å². The van der Waals surface area contributed by atoms with Crippen molar-refractivity contribution in [1.29, 1.82) is 0 Å². The van der Waals surface area contributed by atoms with Crippen molar-refractivity contribution < 1.29 is 19.1 Å². The zero-order valence-corrected chi connectivity index (χ0v) is 20.3. The van der Waals surface area contributed by atoms with Crippen molar-refractivity contribution in [3.63, 3.8) is 0 Å². The van der Waals surface area contributed by atoms with E-state index in [9.17, 15) is 9.59 Å². The topological polar surface area (TPSA) is 52.6 Å². The van der Waals surface area contributed by atoms with E-state index in [1.165, 1.54) is 41.5 Å². The Bertz CT molecular complexity index is 1310. The summed E-state index contributed by atoms with van der Waals surface area (Å²) in [5, 5.41) is 0. The molecule has 3 aromatic rings. The van der Waals surface area contributed by atoms with Crippen LogP contribution in [0.1, 0.15) is 68.2 Å². The number of fused-ring (bicyclic) bond motifs is 8. The molecule has 7 rings (SSSR count). The highest BCUT2D eigenvalue weighted by atomic mass is 16.6. The van der Waals surface area contributed by atoms with Crippen LogP contribution in [0.4, 0.5) is 0 Å². The van der Waals surface area contributed by atoms with Crippen molar-refractivity contribution in [2.75, 3.05) is 0 Å². The Balaban J connectivity index is 1.22. The molecule has 6 atom stereocenters. The van der Waals surface area contributed by atoms with Crippen molar-refractivity contribution in [3.05, 3.63) is 106 Å². The van der Waals surface area contributed by atoms with E-state index in [-0.39, 0.29) is 23.8 Å². The van der Waals surface area contributed by atoms with Gasteiger partial charge in [0.05, 0.1) is 11.1 Å². The van der Waals surface area contributed by atoms with Crippen molar-refractivity contribution in [2.24, 2.45) is 17.8 Å². The molecule has 3 aromatic carbocycles. The normalized spacial score (nSPS) is 29.2. The Kier molecular flexibility index (Phi) is 5.23. The summed E-state index contributed by atoms with van der Waals surface area (Å²) in [6, 6.07) is 23.2. The number of hydrogen-bond donors (Lipinski definition) is 0. The molecule has 4 heteroatoms. The fraction of sp³-hybridized carbons (Fsp3) is 0.375. The molecular formula is C32H30O4. The van der Waals surface area contributed by atoms with Crippen LogP contribution >= 0.6 is 0 Å². The highest BCUT2D eigenvalue weighted by Crippen LogP contribution is 2.63. The van der Waals surface area contributed by atoms with Gasteiger partial charge in [0.2, 0.25) is 0 Å². The maximum absolute atomic E-state index is 13.1. The van der Waals surface area contributed by atoms with E-state index in [0.717, 1.165) is 19.3 Å². The number of ether oxygens (including phenoxy) is 2. The third kappa shape index (κ3) is 3.49. The molecule has 0 spiro atoms. The molecule has 182 valence electrons. The van der Waals surface area contributed by atoms with Gasteiger partial charge in [-0.2, -0.15) is 0 Å². The molecule has 0 saturated heterocycles. The molecule has 4 nitrogen and oxygen atoms in total. The van der Waals surface area contributed by atoms with Gasteiger partial charge >= 0.3 is 11.9 Å². The molecule has 0 amide bonds. The van der Waals surface area contributed by atoms with Crippen molar-refractivity contribution in [1.82, 2.24) is 0 Å². The minimum Gasteiger partial charge on any atom is -0.455 e. The molecule has 6 unspecified atom stereocenters. The van der Waals surface area contributed by atoms with Crippen LogP contribution in [0.3, 0.4) is 0 Å². The number of carbonyl (C=O) groups is 2. The first-order valence-electron chi connectivity index (χ1n) is 13.3. The number of carbonyl (C=O) groups excluding carboxylic acids is 2. The molecule has 4 aliphatic carbocycles. The van der Waals surface area contributed by atoms with E-state index < -0.39 is 12.2 Å². The first-order valence-corrected chi connectivity index (χ1v) is 13.3. The van der Waals surface area contributed by atoms with E-state index in [1.807, 2.05) is 36.4 Å². The lowest BCUT2D eigenvalue weighted by Crippen LogP contribution is -2.45. The van der Waals surface area contributed by atoms with Crippen LogP contribution in [-0.2, 0) is 28.7 Å². The number of aryl methyl sites for hydroxylation is 2. The highest BCUT2D eigenvalue weighted by molar-refractivity contribution is 5.90. The lowest BCUT2D eigenvalue weighted by atomic mass is 9.76. The summed E-state index contributed by atoms with van der Waals surface area (Å²) in [7, 11) is 0. The smallest absolute Gasteiger partial charge is 0.338 e. The second-order valence-electron chi connectivity index (χ2n) is 11.0. The van der Waals surface area contributed by atoms with E-state index in [0.29, 0.717) is 23.0 Å². The Morgan fingerprint density at radius 3 is 1.81 bits per heavy atom. The predicted molar refractivity (Wildman–Crippen MR) is 136 cm³/mol. The third-order valence-corrected chi connectivity index (χ3v) is 9.11. The maximum Gasteiger partial charge on any atom is 0.338 e. The average Bonchev–Trinajstić information content (AvgIpc) is 3.58. The van der Waals surface area contributed by atoms with E-state index in [1.54, 1.807) is 24.3 Å². The number of hydrogen-bond acceptors (Lipinski definition) is 4. The summed E-state index contributed by atoms with van der Waals surface area (Å²) >= 11 is 0. The largest absolute Gasteiger partial charge is 0.455 e. The fourth-order valence-electron chi connectivity index (χ4n) is 7.60. The standard InChI is InChI=1S/C32H30O4/c33-31(19-9-3-1-4-10-19)35-29-26-18-27(30(29)36-32(34)20-11-5-2-6-12-20)28-24-16-22-14-8-7-13-21(22)15-23(24)17-25(26)28/h1-6,9-12,15-16,25-30H,7-8,13-14,17-18H2. The lowest BCUT2D eigenvalue weighted by molar-refractivity contribution is -0.0698. The Morgan fingerprint density at radius 2 is 1.19 bits per heavy atom. The number of rotatable bonds is 4. The van der Waals surface area contributed by atoms with E-state index in [2.05, 4.69) is 12.1 Å². The van der Waals surface area contributed by atoms with Crippen LogP contribution in [0, 0.1) is 17.8 Å². The van der Waals surface area contributed by atoms with Crippen LogP contribution in [0.25, 0.3) is 0 Å². The zero-order chi connectivity index (χ0) is 24.2. The molecule has 0 aromatic heterocycles. The third-order valence-electron chi connectivity index (χ3n) is 9.11. The summed E-state index contributed by atoms with van der Waals surface area (Å²) in [6.07, 6.45) is 6.01. The van der Waals surface area contributed by atoms with Crippen molar-refractivity contribution in [3.8, 4) is 0 Å². The predicted octanol–water partition coefficient (Wildman–Crippen LogP) is 5.92. The fourth-order valence-corrected chi connectivity index (χ4v) is 7.60. The van der Waals surface area contributed by atoms with Crippen LogP contribution in [-0.4, -0.2) is 24.1 Å². The minimum atomic E-state index is -0.432. The molecule has 2 fully saturated rings. The van der Waals surface area contributed by atoms with Crippen LogP contribution in [0.2, 0.25) is 0 Å². The van der Waals surface area contributed by atoms with Gasteiger partial charge in [-0.3, -0.25) is 0 Å². The first-order chi connectivity index (χ1) is 17.7. The minimum absolute atomic E-state index is 0.170. The molecule has 0 aliphatic heterocycles. The van der Waals surface area contributed by atoms with Crippen LogP contribution in [0.5, 0.6) is 0 Å². The van der Waals surface area contributed by atoms with Crippen LogP contribution < -0.4 is 0 Å². The van der Waals surface area contributed by atoms with Gasteiger partial charge in [0.25, 0.3) is 0 Å². The Hall–Kier alpha value is -3.40. The SMILES string of the molecule is O=C(OC1C2CC(C1OC(=O)c1ccccc1)C1c3cc4c(cc3CC21)CCCC4)c1ccccc1. The highest BCUT2D eigenvalue weighted by Gasteiger charge is 2.63. The average molecular weight is 479 g/mol. The molecule has 4 aliphatic rings. The summed E-state index contributed by atoms with van der Waals surface area (Å²) in [4.78, 5) is 26.2. The van der Waals surface area contributed by atoms with Gasteiger partial charge in [-0.05, 0) is 96.9 Å². The van der Waals surface area contributed by atoms with Gasteiger partial charge in [-0.1, -0.05) is 48.5 Å². The quantitative estimate of drug-likeness (QED) is 0.437. The molecule has 0 heterocycles. The Labute approximate surface area is 211 Å². The van der Waals surface area contributed by atoms with Gasteiger partial charge in [0.1, 0.15) is 12.2 Å². The van der Waals surface area contributed by atoms with Gasteiger partial charge in [-0.25, -0.2) is 9.59 Å². The molecule has 0 radical (unpaired) electrons. The zero-order valence-electron chi connectivity index (χ0n) is 20.3. The van der Waals surface area contributed by atoms with Gasteiger partial charge < -0.3 is 9.47 Å². The molecule has 0 N–H and O–H groups in total. The summed E-state index contributed by atoms with van der Waals surface area (Å²) in [5.41, 5.74) is 7.02. The first kappa shape index (κ1) is 21.8. The second kappa shape index (κ2) is 8.62. The van der Waals surface area contributed by atoms with Gasteiger partial charge in [-0.15, -0.1) is 0 Å². The van der Waals surface area contributed by atoms with Crippen LogP contribution in [0.15, 0.2) is 72.8 Å². The summed E-state index contributed by atoms with van der Waals surface area (Å²) < 4.78 is 12.4. The summed E-state index contributed by atoms with van der Waals surface area (Å²) in [6.45, 7) is 0. The van der Waals surface area contributed by atoms with Crippen molar-refractivity contribution >= 4 is 11.9 Å². The molecule has 36 heavy (non-hydrogen) atoms.